The molecular formula is C12H13BrO3. The van der Waals surface area contributed by atoms with Crippen molar-refractivity contribution in [3.63, 3.8) is 0 Å². The van der Waals surface area contributed by atoms with E-state index in [0.717, 1.165) is 34.2 Å². The second kappa shape index (κ2) is 3.72. The smallest absolute Gasteiger partial charge is 0.189 e. The Morgan fingerprint density at radius 2 is 2.19 bits per heavy atom. The average molecular weight is 285 g/mol. The zero-order valence-corrected chi connectivity index (χ0v) is 10.4. The van der Waals surface area contributed by atoms with Crippen molar-refractivity contribution in [3.8, 4) is 5.75 Å². The van der Waals surface area contributed by atoms with Gasteiger partial charge in [0.2, 0.25) is 0 Å². The van der Waals surface area contributed by atoms with Gasteiger partial charge in [-0.2, -0.15) is 0 Å². The average Bonchev–Trinajstić information content (AvgIpc) is 2.96. The van der Waals surface area contributed by atoms with Crippen molar-refractivity contribution in [1.29, 1.82) is 0 Å². The summed E-state index contributed by atoms with van der Waals surface area (Å²) < 4.78 is 11.8. The lowest BCUT2D eigenvalue weighted by molar-refractivity contribution is -0.0175. The Bertz CT molecular complexity index is 427. The molecule has 1 aromatic carbocycles. The topological polar surface area (TPSA) is 38.7 Å². The second-order valence-corrected chi connectivity index (χ2v) is 5.48. The summed E-state index contributed by atoms with van der Waals surface area (Å²) in [5.41, 5.74) is 1.64. The van der Waals surface area contributed by atoms with Gasteiger partial charge in [0.05, 0.1) is 12.2 Å². The summed E-state index contributed by atoms with van der Waals surface area (Å²) in [6.07, 6.45) is 2.46. The van der Waals surface area contributed by atoms with E-state index in [0.29, 0.717) is 19.8 Å². The molecule has 1 aliphatic carbocycles. The van der Waals surface area contributed by atoms with E-state index >= 15 is 0 Å². The second-order valence-electron chi connectivity index (χ2n) is 4.56. The van der Waals surface area contributed by atoms with Gasteiger partial charge in [0, 0.05) is 16.5 Å². The quantitative estimate of drug-likeness (QED) is 0.906. The van der Waals surface area contributed by atoms with Gasteiger partial charge in [0.25, 0.3) is 0 Å². The van der Waals surface area contributed by atoms with Crippen LogP contribution in [0.15, 0.2) is 16.6 Å². The van der Waals surface area contributed by atoms with Crippen molar-refractivity contribution >= 4 is 15.9 Å². The molecule has 1 N–H and O–H groups in total. The third-order valence-electron chi connectivity index (χ3n) is 3.10. The van der Waals surface area contributed by atoms with Crippen molar-refractivity contribution < 1.29 is 14.6 Å². The van der Waals surface area contributed by atoms with Gasteiger partial charge in [0.15, 0.2) is 6.79 Å². The predicted molar refractivity (Wildman–Crippen MR) is 62.3 cm³/mol. The molecule has 2 aliphatic rings. The van der Waals surface area contributed by atoms with E-state index in [-0.39, 0.29) is 0 Å². The van der Waals surface area contributed by atoms with Crippen molar-refractivity contribution in [2.45, 2.75) is 31.5 Å². The molecule has 0 spiro atoms. The van der Waals surface area contributed by atoms with Crippen LogP contribution in [0.25, 0.3) is 0 Å². The number of ether oxygens (including phenoxy) is 2. The molecule has 0 aromatic heterocycles. The van der Waals surface area contributed by atoms with Crippen LogP contribution in [0.5, 0.6) is 5.75 Å². The zero-order valence-electron chi connectivity index (χ0n) is 8.83. The fourth-order valence-electron chi connectivity index (χ4n) is 2.06. The monoisotopic (exact) mass is 284 g/mol. The van der Waals surface area contributed by atoms with Crippen LogP contribution in [-0.4, -0.2) is 17.5 Å². The summed E-state index contributed by atoms with van der Waals surface area (Å²) in [5.74, 6) is 0.898. The molecule has 3 rings (SSSR count). The SMILES string of the molecule is OC1(Cc2cc(Br)cc3c2OCOC3)CC1. The van der Waals surface area contributed by atoms with Crippen LogP contribution in [0.1, 0.15) is 24.0 Å². The fourth-order valence-corrected chi connectivity index (χ4v) is 2.62. The molecule has 4 heteroatoms. The highest BCUT2D eigenvalue weighted by molar-refractivity contribution is 9.10. The minimum atomic E-state index is -0.490. The maximum atomic E-state index is 9.97. The molecule has 0 bridgehead atoms. The summed E-state index contributed by atoms with van der Waals surface area (Å²) in [6.45, 7) is 0.889. The summed E-state index contributed by atoms with van der Waals surface area (Å²) in [7, 11) is 0. The van der Waals surface area contributed by atoms with E-state index in [4.69, 9.17) is 9.47 Å². The Morgan fingerprint density at radius 3 is 2.94 bits per heavy atom. The molecular weight excluding hydrogens is 272 g/mol. The molecule has 3 nitrogen and oxygen atoms in total. The molecule has 0 saturated heterocycles. The van der Waals surface area contributed by atoms with E-state index in [1.165, 1.54) is 0 Å². The number of halogens is 1. The largest absolute Gasteiger partial charge is 0.467 e. The van der Waals surface area contributed by atoms with Crippen LogP contribution in [0.4, 0.5) is 0 Å². The first kappa shape index (κ1) is 10.6. The van der Waals surface area contributed by atoms with Gasteiger partial charge < -0.3 is 14.6 Å². The van der Waals surface area contributed by atoms with E-state index in [1.54, 1.807) is 0 Å². The Balaban J connectivity index is 1.98. The van der Waals surface area contributed by atoms with Gasteiger partial charge >= 0.3 is 0 Å². The van der Waals surface area contributed by atoms with E-state index in [1.807, 2.05) is 12.1 Å². The maximum Gasteiger partial charge on any atom is 0.189 e. The molecule has 16 heavy (non-hydrogen) atoms. The molecule has 1 aliphatic heterocycles. The molecule has 1 heterocycles. The standard InChI is InChI=1S/C12H13BrO3/c13-10-3-8(5-12(14)1-2-12)11-9(4-10)6-15-7-16-11/h3-4,14H,1-2,5-7H2. The van der Waals surface area contributed by atoms with Crippen LogP contribution in [-0.2, 0) is 17.8 Å². The highest BCUT2D eigenvalue weighted by Crippen LogP contribution is 2.42. The number of aliphatic hydroxyl groups is 1. The van der Waals surface area contributed by atoms with E-state index in [2.05, 4.69) is 15.9 Å². The lowest BCUT2D eigenvalue weighted by atomic mass is 10.0. The highest BCUT2D eigenvalue weighted by Gasteiger charge is 2.41. The molecule has 1 aromatic rings. The third-order valence-corrected chi connectivity index (χ3v) is 3.56. The van der Waals surface area contributed by atoms with Crippen LogP contribution >= 0.6 is 15.9 Å². The fraction of sp³-hybridized carbons (Fsp3) is 0.500. The number of benzene rings is 1. The lowest BCUT2D eigenvalue weighted by Crippen LogP contribution is -2.17. The molecule has 1 fully saturated rings. The Kier molecular flexibility index (Phi) is 2.46. The Labute approximate surface area is 102 Å². The first-order valence-electron chi connectivity index (χ1n) is 5.41. The van der Waals surface area contributed by atoms with E-state index in [9.17, 15) is 5.11 Å². The first-order valence-corrected chi connectivity index (χ1v) is 6.20. The van der Waals surface area contributed by atoms with Crippen LogP contribution in [0.3, 0.4) is 0 Å². The van der Waals surface area contributed by atoms with Crippen molar-refractivity contribution in [1.82, 2.24) is 0 Å². The number of rotatable bonds is 2. The van der Waals surface area contributed by atoms with Crippen molar-refractivity contribution in [3.05, 3.63) is 27.7 Å². The number of hydrogen-bond acceptors (Lipinski definition) is 3. The van der Waals surface area contributed by atoms with Crippen LogP contribution in [0.2, 0.25) is 0 Å². The van der Waals surface area contributed by atoms with Gasteiger partial charge in [-0.15, -0.1) is 0 Å². The summed E-state index contributed by atoms with van der Waals surface area (Å²) in [6, 6.07) is 4.04. The van der Waals surface area contributed by atoms with Gasteiger partial charge in [-0.1, -0.05) is 15.9 Å². The zero-order chi connectivity index (χ0) is 11.2. The Hall–Kier alpha value is -0.580. The molecule has 1 saturated carbocycles. The van der Waals surface area contributed by atoms with Crippen molar-refractivity contribution in [2.24, 2.45) is 0 Å². The molecule has 0 unspecified atom stereocenters. The maximum absolute atomic E-state index is 9.97. The van der Waals surface area contributed by atoms with Gasteiger partial charge in [-0.25, -0.2) is 0 Å². The number of fused-ring (bicyclic) bond motifs is 1. The summed E-state index contributed by atoms with van der Waals surface area (Å²) in [4.78, 5) is 0. The minimum absolute atomic E-state index is 0.306. The van der Waals surface area contributed by atoms with Crippen LogP contribution in [0, 0.1) is 0 Å². The van der Waals surface area contributed by atoms with Crippen LogP contribution < -0.4 is 4.74 Å². The Morgan fingerprint density at radius 1 is 1.38 bits per heavy atom. The third kappa shape index (κ3) is 1.97. The normalized spacial score (nSPS) is 21.1. The minimum Gasteiger partial charge on any atom is -0.467 e. The van der Waals surface area contributed by atoms with Gasteiger partial charge in [0.1, 0.15) is 5.75 Å². The van der Waals surface area contributed by atoms with Gasteiger partial charge in [-0.3, -0.25) is 0 Å². The molecule has 86 valence electrons. The summed E-state index contributed by atoms with van der Waals surface area (Å²) in [5, 5.41) is 9.97. The molecule has 0 radical (unpaired) electrons. The summed E-state index contributed by atoms with van der Waals surface area (Å²) >= 11 is 3.48. The number of hydrogen-bond donors (Lipinski definition) is 1. The van der Waals surface area contributed by atoms with E-state index < -0.39 is 5.60 Å². The lowest BCUT2D eigenvalue weighted by Gasteiger charge is -2.22. The molecule has 0 atom stereocenters. The molecule has 0 amide bonds. The first-order chi connectivity index (χ1) is 7.66. The highest BCUT2D eigenvalue weighted by atomic mass is 79.9. The predicted octanol–water partition coefficient (Wildman–Crippen LogP) is 2.38. The van der Waals surface area contributed by atoms with Gasteiger partial charge in [-0.05, 0) is 30.5 Å². The van der Waals surface area contributed by atoms with Crippen molar-refractivity contribution in [2.75, 3.05) is 6.79 Å².